The van der Waals surface area contributed by atoms with Gasteiger partial charge >= 0.3 is 5.97 Å². The number of allylic oxidation sites excluding steroid dienone is 1. The number of hydrogen-bond donors (Lipinski definition) is 1. The Balaban J connectivity index is 1.46. The maximum Gasteiger partial charge on any atom is 0.353 e. The van der Waals surface area contributed by atoms with Gasteiger partial charge in [0.2, 0.25) is 5.88 Å². The first-order chi connectivity index (χ1) is 19.0. The van der Waals surface area contributed by atoms with Crippen LogP contribution in [0.25, 0.3) is 0 Å². The van der Waals surface area contributed by atoms with E-state index in [0.717, 1.165) is 11.1 Å². The summed E-state index contributed by atoms with van der Waals surface area (Å²) in [5.74, 6) is 0.743. The third-order valence-corrected chi connectivity index (χ3v) is 7.28. The lowest BCUT2D eigenvalue weighted by Crippen LogP contribution is -2.21. The number of nitrogens with zero attached hydrogens (tertiary/aromatic N) is 1. The fourth-order valence-electron chi connectivity index (χ4n) is 4.26. The van der Waals surface area contributed by atoms with E-state index in [2.05, 4.69) is 6.07 Å². The van der Waals surface area contributed by atoms with Crippen molar-refractivity contribution in [2.24, 2.45) is 5.73 Å². The third-order valence-electron chi connectivity index (χ3n) is 6.07. The van der Waals surface area contributed by atoms with Crippen LogP contribution in [0, 0.1) is 11.3 Å². The lowest BCUT2D eigenvalue weighted by atomic mass is 9.83. The summed E-state index contributed by atoms with van der Waals surface area (Å²) in [5, 5.41) is 12.4. The number of rotatable bonds is 8. The van der Waals surface area contributed by atoms with Gasteiger partial charge in [-0.15, -0.1) is 11.3 Å². The lowest BCUT2D eigenvalue weighted by molar-refractivity contribution is 0.0739. The number of benzene rings is 3. The van der Waals surface area contributed by atoms with Gasteiger partial charge in [-0.3, -0.25) is 0 Å². The molecule has 1 aliphatic rings. The standard InChI is InChI=1S/C30H23ClN2O5S/c1-2-35-26-14-18(9-12-24(26)36-17-19-6-3-4-7-23(19)31)28-21-11-10-20(37-30(34)27-8-5-13-39-27)15-25(21)38-29(33)22(28)16-32/h3-15,28H,2,17,33H2,1H3. The van der Waals surface area contributed by atoms with Gasteiger partial charge in [-0.2, -0.15) is 5.26 Å². The SMILES string of the molecule is CCOc1cc(C2C(C#N)=C(N)Oc3cc(OC(=O)c4cccs4)ccc32)ccc1OCc1ccccc1Cl. The number of thiophene rings is 1. The summed E-state index contributed by atoms with van der Waals surface area (Å²) in [7, 11) is 0. The molecule has 9 heteroatoms. The molecule has 1 atom stereocenters. The Hall–Kier alpha value is -4.45. The molecule has 0 saturated carbocycles. The predicted octanol–water partition coefficient (Wildman–Crippen LogP) is 6.82. The maximum absolute atomic E-state index is 12.4. The quantitative estimate of drug-likeness (QED) is 0.187. The molecule has 0 fully saturated rings. The summed E-state index contributed by atoms with van der Waals surface area (Å²) in [6, 6.07) is 23.6. The molecule has 2 heterocycles. The summed E-state index contributed by atoms with van der Waals surface area (Å²) in [4.78, 5) is 12.9. The molecular weight excluding hydrogens is 536 g/mol. The Morgan fingerprint density at radius 3 is 2.67 bits per heavy atom. The van der Waals surface area contributed by atoms with Gasteiger partial charge in [0.05, 0.1) is 12.5 Å². The first-order valence-corrected chi connectivity index (χ1v) is 13.3. The van der Waals surface area contributed by atoms with Crippen LogP contribution in [0.4, 0.5) is 0 Å². The lowest BCUT2D eigenvalue weighted by Gasteiger charge is -2.27. The zero-order chi connectivity index (χ0) is 27.4. The van der Waals surface area contributed by atoms with Gasteiger partial charge in [-0.25, -0.2) is 4.79 Å². The first kappa shape index (κ1) is 26.2. The molecule has 2 N–H and O–H groups in total. The van der Waals surface area contributed by atoms with E-state index < -0.39 is 11.9 Å². The Morgan fingerprint density at radius 2 is 1.92 bits per heavy atom. The minimum atomic E-state index is -0.530. The van der Waals surface area contributed by atoms with Gasteiger partial charge in [-0.05, 0) is 48.2 Å². The molecule has 0 radical (unpaired) electrons. The molecule has 0 amide bonds. The van der Waals surface area contributed by atoms with E-state index >= 15 is 0 Å². The van der Waals surface area contributed by atoms with E-state index in [9.17, 15) is 10.1 Å². The number of nitriles is 1. The van der Waals surface area contributed by atoms with E-state index in [4.69, 9.17) is 36.3 Å². The molecule has 1 aromatic heterocycles. The molecule has 0 spiro atoms. The van der Waals surface area contributed by atoms with Crippen LogP contribution in [0.15, 0.2) is 89.6 Å². The van der Waals surface area contributed by atoms with E-state index in [1.54, 1.807) is 41.8 Å². The third kappa shape index (κ3) is 5.55. The molecular formula is C30H23ClN2O5S. The Labute approximate surface area is 234 Å². The van der Waals surface area contributed by atoms with Crippen molar-refractivity contribution < 1.29 is 23.7 Å². The van der Waals surface area contributed by atoms with E-state index in [-0.39, 0.29) is 18.1 Å². The Kier molecular flexibility index (Phi) is 7.73. The van der Waals surface area contributed by atoms with Crippen molar-refractivity contribution in [3.05, 3.63) is 116 Å². The normalized spacial score (nSPS) is 14.1. The zero-order valence-electron chi connectivity index (χ0n) is 20.8. The van der Waals surface area contributed by atoms with Gasteiger partial charge < -0.3 is 24.7 Å². The van der Waals surface area contributed by atoms with E-state index in [1.807, 2.05) is 43.3 Å². The van der Waals surface area contributed by atoms with Crippen LogP contribution >= 0.6 is 22.9 Å². The van der Waals surface area contributed by atoms with Crippen molar-refractivity contribution in [1.82, 2.24) is 0 Å². The van der Waals surface area contributed by atoms with Crippen molar-refractivity contribution in [3.8, 4) is 29.1 Å². The first-order valence-electron chi connectivity index (χ1n) is 12.1. The number of esters is 1. The number of hydrogen-bond acceptors (Lipinski definition) is 8. The van der Waals surface area contributed by atoms with Gasteiger partial charge in [0.25, 0.3) is 0 Å². The van der Waals surface area contributed by atoms with Crippen LogP contribution in [0.2, 0.25) is 5.02 Å². The van der Waals surface area contributed by atoms with Crippen LogP contribution < -0.4 is 24.7 Å². The fraction of sp³-hybridized carbons (Fsp3) is 0.133. The van der Waals surface area contributed by atoms with Crippen molar-refractivity contribution in [1.29, 1.82) is 5.26 Å². The maximum atomic E-state index is 12.4. The van der Waals surface area contributed by atoms with Crippen LogP contribution in [0.3, 0.4) is 0 Å². The average Bonchev–Trinajstić information content (AvgIpc) is 3.48. The molecule has 0 bridgehead atoms. The molecule has 39 heavy (non-hydrogen) atoms. The predicted molar refractivity (Wildman–Crippen MR) is 148 cm³/mol. The van der Waals surface area contributed by atoms with Crippen LogP contribution in [-0.2, 0) is 6.61 Å². The second-order valence-corrected chi connectivity index (χ2v) is 9.87. The van der Waals surface area contributed by atoms with Gasteiger partial charge in [0.15, 0.2) is 11.5 Å². The minimum Gasteiger partial charge on any atom is -0.490 e. The monoisotopic (exact) mass is 558 g/mol. The largest absolute Gasteiger partial charge is 0.490 e. The molecule has 7 nitrogen and oxygen atoms in total. The highest BCUT2D eigenvalue weighted by Gasteiger charge is 2.32. The highest BCUT2D eigenvalue weighted by atomic mass is 35.5. The highest BCUT2D eigenvalue weighted by Crippen LogP contribution is 2.45. The number of fused-ring (bicyclic) bond motifs is 1. The summed E-state index contributed by atoms with van der Waals surface area (Å²) < 4.78 is 23.2. The zero-order valence-corrected chi connectivity index (χ0v) is 22.4. The Bertz CT molecular complexity index is 1590. The number of halogens is 1. The summed E-state index contributed by atoms with van der Waals surface area (Å²) >= 11 is 7.57. The molecule has 1 unspecified atom stereocenters. The molecule has 3 aromatic carbocycles. The van der Waals surface area contributed by atoms with E-state index in [1.165, 1.54) is 11.3 Å². The van der Waals surface area contributed by atoms with Crippen LogP contribution in [0.5, 0.6) is 23.0 Å². The van der Waals surface area contributed by atoms with Crippen molar-refractivity contribution in [3.63, 3.8) is 0 Å². The average molecular weight is 559 g/mol. The second kappa shape index (κ2) is 11.5. The molecule has 1 aliphatic heterocycles. The van der Waals surface area contributed by atoms with Crippen LogP contribution in [-0.4, -0.2) is 12.6 Å². The van der Waals surface area contributed by atoms with E-state index in [0.29, 0.717) is 45.1 Å². The van der Waals surface area contributed by atoms with Gasteiger partial charge in [0.1, 0.15) is 34.6 Å². The molecule has 196 valence electrons. The van der Waals surface area contributed by atoms with Gasteiger partial charge in [0, 0.05) is 22.2 Å². The highest BCUT2D eigenvalue weighted by molar-refractivity contribution is 7.12. The number of nitrogens with two attached hydrogens (primary N) is 1. The summed E-state index contributed by atoms with van der Waals surface area (Å²) in [5.41, 5.74) is 8.74. The fourth-order valence-corrected chi connectivity index (χ4v) is 5.05. The minimum absolute atomic E-state index is 0.0197. The number of carbonyl (C=O) groups is 1. The molecule has 0 saturated heterocycles. The van der Waals surface area contributed by atoms with Crippen molar-refractivity contribution in [2.75, 3.05) is 6.61 Å². The number of carbonyl (C=O) groups excluding carboxylic acids is 1. The van der Waals surface area contributed by atoms with Gasteiger partial charge in [-0.1, -0.05) is 48.0 Å². The second-order valence-electron chi connectivity index (χ2n) is 8.51. The molecule has 0 aliphatic carbocycles. The van der Waals surface area contributed by atoms with Crippen molar-refractivity contribution >= 4 is 28.9 Å². The van der Waals surface area contributed by atoms with Crippen molar-refractivity contribution in [2.45, 2.75) is 19.4 Å². The molecule has 5 rings (SSSR count). The topological polar surface area (TPSA) is 104 Å². The van der Waals surface area contributed by atoms with Crippen LogP contribution in [0.1, 0.15) is 39.2 Å². The summed E-state index contributed by atoms with van der Waals surface area (Å²) in [6.07, 6.45) is 0. The Morgan fingerprint density at radius 1 is 1.08 bits per heavy atom. The smallest absolute Gasteiger partial charge is 0.353 e. The summed E-state index contributed by atoms with van der Waals surface area (Å²) in [6.45, 7) is 2.56. The molecule has 4 aromatic rings. The number of ether oxygens (including phenoxy) is 4.